The van der Waals surface area contributed by atoms with Crippen molar-refractivity contribution < 1.29 is 0 Å². The first kappa shape index (κ1) is 9.26. The Balaban J connectivity index is 2.32. The van der Waals surface area contributed by atoms with Gasteiger partial charge in [0.1, 0.15) is 0 Å². The maximum atomic E-state index is 2.27. The lowest BCUT2D eigenvalue weighted by Gasteiger charge is -2.05. The Hall–Kier alpha value is -1.30. The van der Waals surface area contributed by atoms with Gasteiger partial charge in [-0.25, -0.2) is 0 Å². The molecule has 1 aromatic carbocycles. The molecule has 0 heteroatoms. The summed E-state index contributed by atoms with van der Waals surface area (Å²) in [4.78, 5) is 0. The van der Waals surface area contributed by atoms with Crippen LogP contribution in [0.5, 0.6) is 0 Å². The molecule has 72 valence electrons. The van der Waals surface area contributed by atoms with Gasteiger partial charge in [0.15, 0.2) is 0 Å². The summed E-state index contributed by atoms with van der Waals surface area (Å²) in [5.41, 5.74) is 4.41. The predicted octanol–water partition coefficient (Wildman–Crippen LogP) is 4.20. The second-order valence-corrected chi connectivity index (χ2v) is 3.74. The fourth-order valence-electron chi connectivity index (χ4n) is 2.00. The molecule has 0 spiro atoms. The van der Waals surface area contributed by atoms with Gasteiger partial charge in [0.25, 0.3) is 0 Å². The van der Waals surface area contributed by atoms with Crippen molar-refractivity contribution in [3.05, 3.63) is 53.6 Å². The quantitative estimate of drug-likeness (QED) is 0.660. The first-order chi connectivity index (χ1) is 6.92. The fourth-order valence-corrected chi connectivity index (χ4v) is 2.00. The van der Waals surface area contributed by atoms with E-state index in [4.69, 9.17) is 0 Å². The number of hydrogen-bond donors (Lipinski definition) is 0. The van der Waals surface area contributed by atoms with Gasteiger partial charge < -0.3 is 0 Å². The Morgan fingerprint density at radius 3 is 2.64 bits per heavy atom. The zero-order chi connectivity index (χ0) is 9.80. The van der Waals surface area contributed by atoms with E-state index in [0.29, 0.717) is 0 Å². The maximum absolute atomic E-state index is 2.27. The molecule has 0 aliphatic heterocycles. The Labute approximate surface area is 86.0 Å². The number of rotatable bonds is 3. The fraction of sp³-hybridized carbons (Fsp3) is 0.286. The van der Waals surface area contributed by atoms with Crippen LogP contribution in [0, 0.1) is 0 Å². The van der Waals surface area contributed by atoms with Gasteiger partial charge in [-0.05, 0) is 24.0 Å². The molecule has 0 N–H and O–H groups in total. The van der Waals surface area contributed by atoms with Gasteiger partial charge in [-0.3, -0.25) is 0 Å². The molecule has 0 amide bonds. The second kappa shape index (κ2) is 4.28. The monoisotopic (exact) mass is 184 g/mol. The summed E-state index contributed by atoms with van der Waals surface area (Å²) < 4.78 is 0. The van der Waals surface area contributed by atoms with Crippen LogP contribution in [0.4, 0.5) is 0 Å². The van der Waals surface area contributed by atoms with Gasteiger partial charge in [-0.15, -0.1) is 0 Å². The van der Waals surface area contributed by atoms with E-state index in [1.165, 1.54) is 24.0 Å². The molecule has 0 saturated heterocycles. The van der Waals surface area contributed by atoms with Crippen LogP contribution in [0.15, 0.2) is 48.1 Å². The normalized spacial score (nSPS) is 15.2. The maximum Gasteiger partial charge on any atom is -0.0126 e. The lowest BCUT2D eigenvalue weighted by atomic mass is 10.00. The predicted molar refractivity (Wildman–Crippen MR) is 62.0 cm³/mol. The van der Waals surface area contributed by atoms with E-state index < -0.39 is 0 Å². The highest BCUT2D eigenvalue weighted by Crippen LogP contribution is 2.30. The Bertz CT molecular complexity index is 355. The molecule has 0 aromatic heterocycles. The minimum atomic E-state index is 1.15. The van der Waals surface area contributed by atoms with E-state index in [1.54, 1.807) is 5.57 Å². The van der Waals surface area contributed by atoms with Crippen molar-refractivity contribution in [1.82, 2.24) is 0 Å². The molecule has 0 saturated carbocycles. The van der Waals surface area contributed by atoms with E-state index >= 15 is 0 Å². The summed E-state index contributed by atoms with van der Waals surface area (Å²) in [6, 6.07) is 10.7. The number of benzene rings is 1. The van der Waals surface area contributed by atoms with Crippen molar-refractivity contribution in [3.63, 3.8) is 0 Å². The smallest absolute Gasteiger partial charge is 0.0126 e. The van der Waals surface area contributed by atoms with Gasteiger partial charge in [-0.1, -0.05) is 61.4 Å². The molecule has 0 bridgehead atoms. The van der Waals surface area contributed by atoms with Crippen LogP contribution < -0.4 is 0 Å². The first-order valence-electron chi connectivity index (χ1n) is 5.36. The molecule has 14 heavy (non-hydrogen) atoms. The van der Waals surface area contributed by atoms with Gasteiger partial charge in [0.2, 0.25) is 0 Å². The van der Waals surface area contributed by atoms with Crippen LogP contribution in [-0.4, -0.2) is 0 Å². The van der Waals surface area contributed by atoms with E-state index in [0.717, 1.165) is 6.42 Å². The Morgan fingerprint density at radius 1 is 1.14 bits per heavy atom. The van der Waals surface area contributed by atoms with Crippen LogP contribution in [0.25, 0.3) is 5.57 Å². The Kier molecular flexibility index (Phi) is 2.83. The van der Waals surface area contributed by atoms with Crippen LogP contribution in [0.3, 0.4) is 0 Å². The molecule has 0 nitrogen and oxygen atoms in total. The highest BCUT2D eigenvalue weighted by molar-refractivity contribution is 5.79. The third-order valence-electron chi connectivity index (χ3n) is 2.67. The minimum absolute atomic E-state index is 1.15. The average molecular weight is 184 g/mol. The van der Waals surface area contributed by atoms with Gasteiger partial charge in [0.05, 0.1) is 0 Å². The molecular weight excluding hydrogens is 168 g/mol. The lowest BCUT2D eigenvalue weighted by molar-refractivity contribution is 0.890. The molecule has 1 aliphatic rings. The summed E-state index contributed by atoms with van der Waals surface area (Å²) in [6.07, 6.45) is 8.16. The lowest BCUT2D eigenvalue weighted by Crippen LogP contribution is -1.84. The van der Waals surface area contributed by atoms with Crippen molar-refractivity contribution in [3.8, 4) is 0 Å². The van der Waals surface area contributed by atoms with Crippen molar-refractivity contribution in [2.45, 2.75) is 26.2 Å². The van der Waals surface area contributed by atoms with E-state index in [2.05, 4.69) is 49.4 Å². The molecule has 0 unspecified atom stereocenters. The van der Waals surface area contributed by atoms with E-state index in [9.17, 15) is 0 Å². The molecule has 0 heterocycles. The zero-order valence-electron chi connectivity index (χ0n) is 8.66. The summed E-state index contributed by atoms with van der Waals surface area (Å²) in [6.45, 7) is 2.24. The summed E-state index contributed by atoms with van der Waals surface area (Å²) >= 11 is 0. The van der Waals surface area contributed by atoms with E-state index in [1.807, 2.05) is 0 Å². The van der Waals surface area contributed by atoms with Crippen LogP contribution in [0.2, 0.25) is 0 Å². The largest absolute Gasteiger partial charge is 0.0798 e. The summed E-state index contributed by atoms with van der Waals surface area (Å²) in [5.74, 6) is 0. The summed E-state index contributed by atoms with van der Waals surface area (Å²) in [5, 5.41) is 0. The molecule has 2 rings (SSSR count). The van der Waals surface area contributed by atoms with Crippen LogP contribution in [-0.2, 0) is 0 Å². The van der Waals surface area contributed by atoms with Crippen molar-refractivity contribution in [1.29, 1.82) is 0 Å². The minimum Gasteiger partial charge on any atom is -0.0798 e. The highest BCUT2D eigenvalue weighted by Gasteiger charge is 2.09. The molecule has 0 radical (unpaired) electrons. The molecule has 0 atom stereocenters. The topological polar surface area (TPSA) is 0 Å². The van der Waals surface area contributed by atoms with Crippen LogP contribution >= 0.6 is 0 Å². The first-order valence-corrected chi connectivity index (χ1v) is 5.36. The van der Waals surface area contributed by atoms with Crippen LogP contribution in [0.1, 0.15) is 31.7 Å². The standard InChI is InChI=1S/C14H16/c1-2-7-12-10-6-11-14(12)13-8-4-3-5-9-13/h3-6,8-9,11H,2,7,10H2,1H3. The molecule has 0 fully saturated rings. The van der Waals surface area contributed by atoms with E-state index in [-0.39, 0.29) is 0 Å². The molecule has 1 aromatic rings. The number of hydrogen-bond acceptors (Lipinski definition) is 0. The van der Waals surface area contributed by atoms with Gasteiger partial charge in [0, 0.05) is 0 Å². The Morgan fingerprint density at radius 2 is 1.93 bits per heavy atom. The van der Waals surface area contributed by atoms with Gasteiger partial charge in [-0.2, -0.15) is 0 Å². The highest BCUT2D eigenvalue weighted by atomic mass is 14.1. The van der Waals surface area contributed by atoms with Gasteiger partial charge >= 0.3 is 0 Å². The second-order valence-electron chi connectivity index (χ2n) is 3.74. The SMILES string of the molecule is CCCC1=C(c2ccccc2)C=CC1. The summed E-state index contributed by atoms with van der Waals surface area (Å²) in [7, 11) is 0. The van der Waals surface area contributed by atoms with Crippen molar-refractivity contribution >= 4 is 5.57 Å². The third-order valence-corrected chi connectivity index (χ3v) is 2.67. The van der Waals surface area contributed by atoms with Crippen molar-refractivity contribution in [2.75, 3.05) is 0 Å². The average Bonchev–Trinajstić information content (AvgIpc) is 2.68. The molecular formula is C14H16. The number of allylic oxidation sites excluding steroid dienone is 4. The van der Waals surface area contributed by atoms with Crippen molar-refractivity contribution in [2.24, 2.45) is 0 Å². The molecule has 1 aliphatic carbocycles. The zero-order valence-corrected chi connectivity index (χ0v) is 8.66. The third kappa shape index (κ3) is 1.79.